The highest BCUT2D eigenvalue weighted by molar-refractivity contribution is 6.33. The van der Waals surface area contributed by atoms with Crippen LogP contribution in [0.1, 0.15) is 33.6 Å². The molecule has 0 unspecified atom stereocenters. The molecule has 0 aliphatic carbocycles. The van der Waals surface area contributed by atoms with E-state index in [1.165, 1.54) is 18.2 Å². The third-order valence-corrected chi connectivity index (χ3v) is 5.97. The summed E-state index contributed by atoms with van der Waals surface area (Å²) in [5.74, 6) is -0.176. The van der Waals surface area contributed by atoms with Crippen LogP contribution in [0.2, 0.25) is 5.02 Å². The maximum Gasteiger partial charge on any atom is 0.255 e. The molecular formula is C23H24ClFN2O4. The molecular weight excluding hydrogens is 423 g/mol. The molecule has 4 rings (SSSR count). The number of hydrogen-bond donors (Lipinski definition) is 0. The predicted molar refractivity (Wildman–Crippen MR) is 114 cm³/mol. The van der Waals surface area contributed by atoms with Gasteiger partial charge in [-0.2, -0.15) is 0 Å². The van der Waals surface area contributed by atoms with Gasteiger partial charge in [0.25, 0.3) is 11.8 Å². The molecule has 2 amide bonds. The van der Waals surface area contributed by atoms with Crippen LogP contribution < -0.4 is 4.74 Å². The second kappa shape index (κ2) is 9.66. The summed E-state index contributed by atoms with van der Waals surface area (Å²) >= 11 is 6.10. The molecule has 2 fully saturated rings. The van der Waals surface area contributed by atoms with Crippen LogP contribution in [0.15, 0.2) is 42.5 Å². The van der Waals surface area contributed by atoms with Gasteiger partial charge < -0.3 is 19.3 Å². The molecule has 2 aliphatic heterocycles. The van der Waals surface area contributed by atoms with E-state index in [4.69, 9.17) is 21.1 Å². The summed E-state index contributed by atoms with van der Waals surface area (Å²) < 4.78 is 24.8. The molecule has 2 aliphatic rings. The Morgan fingerprint density at radius 3 is 2.55 bits per heavy atom. The Hall–Kier alpha value is -2.64. The topological polar surface area (TPSA) is 59.1 Å². The fourth-order valence-corrected chi connectivity index (χ4v) is 4.13. The van der Waals surface area contributed by atoms with Gasteiger partial charge in [0.15, 0.2) is 0 Å². The van der Waals surface area contributed by atoms with Gasteiger partial charge in [-0.3, -0.25) is 9.59 Å². The number of halogens is 2. The Bertz CT molecular complexity index is 947. The zero-order chi connectivity index (χ0) is 21.8. The van der Waals surface area contributed by atoms with Crippen LogP contribution in [0.5, 0.6) is 5.75 Å². The van der Waals surface area contributed by atoms with Crippen LogP contribution >= 0.6 is 11.6 Å². The molecule has 0 bridgehead atoms. The zero-order valence-corrected chi connectivity index (χ0v) is 17.8. The number of hydrogen-bond acceptors (Lipinski definition) is 4. The summed E-state index contributed by atoms with van der Waals surface area (Å²) in [7, 11) is 0. The number of carbonyl (C=O) groups excluding carboxylic acids is 2. The first kappa shape index (κ1) is 21.6. The van der Waals surface area contributed by atoms with Gasteiger partial charge >= 0.3 is 0 Å². The molecule has 0 N–H and O–H groups in total. The third kappa shape index (κ3) is 4.99. The van der Waals surface area contributed by atoms with Crippen LogP contribution in [-0.4, -0.2) is 67.1 Å². The quantitative estimate of drug-likeness (QED) is 0.703. The Balaban J connectivity index is 1.36. The number of amides is 2. The first-order chi connectivity index (χ1) is 15.0. The number of nitrogens with zero attached hydrogens (tertiary/aromatic N) is 2. The van der Waals surface area contributed by atoms with Crippen molar-refractivity contribution in [2.45, 2.75) is 18.9 Å². The van der Waals surface area contributed by atoms with E-state index in [0.717, 1.165) is 12.8 Å². The average Bonchev–Trinajstić information content (AvgIpc) is 3.28. The van der Waals surface area contributed by atoms with Gasteiger partial charge in [0.2, 0.25) is 0 Å². The second-order valence-corrected chi connectivity index (χ2v) is 8.07. The fraction of sp³-hybridized carbons (Fsp3) is 0.391. The molecule has 1 atom stereocenters. The predicted octanol–water partition coefficient (Wildman–Crippen LogP) is 3.64. The largest absolute Gasteiger partial charge is 0.491 e. The summed E-state index contributed by atoms with van der Waals surface area (Å²) in [6, 6.07) is 10.7. The summed E-state index contributed by atoms with van der Waals surface area (Å²) in [5, 5.41) is 0.235. The minimum Gasteiger partial charge on any atom is -0.491 e. The summed E-state index contributed by atoms with van der Waals surface area (Å²) in [6.45, 7) is 3.20. The zero-order valence-electron chi connectivity index (χ0n) is 17.1. The van der Waals surface area contributed by atoms with Gasteiger partial charge in [0.1, 0.15) is 18.2 Å². The Labute approximate surface area is 185 Å². The lowest BCUT2D eigenvalue weighted by Crippen LogP contribution is -2.40. The van der Waals surface area contributed by atoms with Crippen molar-refractivity contribution in [1.29, 1.82) is 0 Å². The lowest BCUT2D eigenvalue weighted by molar-refractivity contribution is 0.0303. The van der Waals surface area contributed by atoms with Crippen molar-refractivity contribution in [3.05, 3.63) is 64.4 Å². The van der Waals surface area contributed by atoms with E-state index in [1.54, 1.807) is 34.1 Å². The Morgan fingerprint density at radius 2 is 1.81 bits per heavy atom. The molecule has 31 heavy (non-hydrogen) atoms. The van der Waals surface area contributed by atoms with Crippen molar-refractivity contribution in [3.8, 4) is 5.75 Å². The molecule has 8 heteroatoms. The molecule has 2 saturated heterocycles. The Kier molecular flexibility index (Phi) is 6.73. The molecule has 2 aromatic carbocycles. The first-order valence-electron chi connectivity index (χ1n) is 10.4. The normalized spacial score (nSPS) is 18.8. The SMILES string of the molecule is O=C(c1ccc(OC[C@H]2CCCN2C(=O)c2cc(F)ccc2Cl)cc1)N1CCOCC1. The number of morpholine rings is 1. The number of rotatable bonds is 5. The molecule has 0 radical (unpaired) electrons. The van der Waals surface area contributed by atoms with Crippen molar-refractivity contribution < 1.29 is 23.5 Å². The standard InChI is InChI=1S/C23H24ClFN2O4/c24-21-8-5-17(25)14-20(21)23(29)27-9-1-2-18(27)15-31-19-6-3-16(4-7-19)22(28)26-10-12-30-13-11-26/h3-8,14,18H,1-2,9-13,15H2/t18-/m1/s1. The van der Waals surface area contributed by atoms with Crippen LogP contribution in [0.3, 0.4) is 0 Å². The molecule has 6 nitrogen and oxygen atoms in total. The Morgan fingerprint density at radius 1 is 1.06 bits per heavy atom. The van der Waals surface area contributed by atoms with Gasteiger partial charge in [-0.25, -0.2) is 4.39 Å². The molecule has 0 spiro atoms. The number of benzene rings is 2. The van der Waals surface area contributed by atoms with E-state index in [2.05, 4.69) is 0 Å². The van der Waals surface area contributed by atoms with Crippen molar-refractivity contribution in [1.82, 2.24) is 9.80 Å². The van der Waals surface area contributed by atoms with E-state index in [9.17, 15) is 14.0 Å². The lowest BCUT2D eigenvalue weighted by atomic mass is 10.1. The highest BCUT2D eigenvalue weighted by Crippen LogP contribution is 2.25. The molecule has 2 heterocycles. The number of likely N-dealkylation sites (tertiary alicyclic amines) is 1. The van der Waals surface area contributed by atoms with Crippen LogP contribution in [0.4, 0.5) is 4.39 Å². The summed E-state index contributed by atoms with van der Waals surface area (Å²) in [6.07, 6.45) is 1.64. The molecule has 0 saturated carbocycles. The summed E-state index contributed by atoms with van der Waals surface area (Å²) in [5.41, 5.74) is 0.771. The average molecular weight is 447 g/mol. The second-order valence-electron chi connectivity index (χ2n) is 7.66. The lowest BCUT2D eigenvalue weighted by Gasteiger charge is -2.27. The molecule has 0 aromatic heterocycles. The fourth-order valence-electron chi connectivity index (χ4n) is 3.93. The van der Waals surface area contributed by atoms with Gasteiger partial charge in [-0.1, -0.05) is 11.6 Å². The monoisotopic (exact) mass is 446 g/mol. The molecule has 2 aromatic rings. The molecule has 164 valence electrons. The van der Waals surface area contributed by atoms with E-state index in [0.29, 0.717) is 50.8 Å². The maximum absolute atomic E-state index is 13.6. The van der Waals surface area contributed by atoms with Crippen molar-refractivity contribution >= 4 is 23.4 Å². The van der Waals surface area contributed by atoms with Crippen LogP contribution in [0, 0.1) is 5.82 Å². The third-order valence-electron chi connectivity index (χ3n) is 5.64. The van der Waals surface area contributed by atoms with E-state index in [1.807, 2.05) is 0 Å². The minimum atomic E-state index is -0.494. The maximum atomic E-state index is 13.6. The van der Waals surface area contributed by atoms with Crippen molar-refractivity contribution in [3.63, 3.8) is 0 Å². The van der Waals surface area contributed by atoms with Crippen LogP contribution in [0.25, 0.3) is 0 Å². The van der Waals surface area contributed by atoms with Gasteiger partial charge in [0.05, 0.1) is 29.8 Å². The number of ether oxygens (including phenoxy) is 2. The summed E-state index contributed by atoms with van der Waals surface area (Å²) in [4.78, 5) is 28.9. The highest BCUT2D eigenvalue weighted by Gasteiger charge is 2.31. The van der Waals surface area contributed by atoms with E-state index in [-0.39, 0.29) is 28.4 Å². The van der Waals surface area contributed by atoms with Crippen molar-refractivity contribution in [2.24, 2.45) is 0 Å². The minimum absolute atomic E-state index is 0.0191. The highest BCUT2D eigenvalue weighted by atomic mass is 35.5. The van der Waals surface area contributed by atoms with E-state index >= 15 is 0 Å². The van der Waals surface area contributed by atoms with E-state index < -0.39 is 5.82 Å². The smallest absolute Gasteiger partial charge is 0.255 e. The number of carbonyl (C=O) groups is 2. The van der Waals surface area contributed by atoms with Gasteiger partial charge in [-0.05, 0) is 55.3 Å². The first-order valence-corrected chi connectivity index (χ1v) is 10.8. The van der Waals surface area contributed by atoms with Gasteiger partial charge in [0, 0.05) is 25.2 Å². The van der Waals surface area contributed by atoms with Crippen molar-refractivity contribution in [2.75, 3.05) is 39.5 Å². The van der Waals surface area contributed by atoms with Crippen LogP contribution in [-0.2, 0) is 4.74 Å². The van der Waals surface area contributed by atoms with Gasteiger partial charge in [-0.15, -0.1) is 0 Å².